The molecular formula is C9H22N2O2. The standard InChI is InChI=1S/C9H22N2O2/c1-9(2,7-10)13-6-8(12)5-11(3)4/h8,12H,5-7,10H2,1-4H3. The van der Waals surface area contributed by atoms with E-state index in [1.807, 2.05) is 32.8 Å². The lowest BCUT2D eigenvalue weighted by Gasteiger charge is -2.25. The Labute approximate surface area is 80.7 Å². The van der Waals surface area contributed by atoms with Crippen LogP contribution in [-0.4, -0.2) is 55.5 Å². The van der Waals surface area contributed by atoms with Gasteiger partial charge in [-0.3, -0.25) is 0 Å². The minimum Gasteiger partial charge on any atom is -0.389 e. The van der Waals surface area contributed by atoms with E-state index in [9.17, 15) is 5.11 Å². The fourth-order valence-corrected chi connectivity index (χ4v) is 0.855. The molecule has 0 aliphatic carbocycles. The first-order valence-corrected chi connectivity index (χ1v) is 4.54. The predicted molar refractivity (Wildman–Crippen MR) is 53.6 cm³/mol. The highest BCUT2D eigenvalue weighted by atomic mass is 16.5. The molecule has 13 heavy (non-hydrogen) atoms. The zero-order chi connectivity index (χ0) is 10.5. The fraction of sp³-hybridized carbons (Fsp3) is 1.00. The smallest absolute Gasteiger partial charge is 0.0900 e. The predicted octanol–water partition coefficient (Wildman–Crippen LogP) is -0.337. The molecule has 0 saturated heterocycles. The van der Waals surface area contributed by atoms with Crippen LogP contribution in [0, 0.1) is 0 Å². The summed E-state index contributed by atoms with van der Waals surface area (Å²) in [7, 11) is 3.83. The van der Waals surface area contributed by atoms with Crippen LogP contribution in [0.3, 0.4) is 0 Å². The lowest BCUT2D eigenvalue weighted by molar-refractivity contribution is -0.0581. The molecule has 0 heterocycles. The maximum atomic E-state index is 9.47. The summed E-state index contributed by atoms with van der Waals surface area (Å²) in [5.74, 6) is 0. The zero-order valence-electron chi connectivity index (χ0n) is 9.08. The Balaban J connectivity index is 3.63. The van der Waals surface area contributed by atoms with Crippen molar-refractivity contribution in [3.05, 3.63) is 0 Å². The topological polar surface area (TPSA) is 58.7 Å². The molecule has 80 valence electrons. The molecule has 0 aromatic rings. The molecule has 0 aliphatic rings. The third kappa shape index (κ3) is 6.95. The van der Waals surface area contributed by atoms with Gasteiger partial charge in [-0.05, 0) is 27.9 Å². The second kappa shape index (κ2) is 5.54. The van der Waals surface area contributed by atoms with Gasteiger partial charge >= 0.3 is 0 Å². The van der Waals surface area contributed by atoms with Crippen molar-refractivity contribution in [1.29, 1.82) is 0 Å². The minimum atomic E-state index is -0.444. The van der Waals surface area contributed by atoms with E-state index in [1.54, 1.807) is 0 Å². The number of hydrogen-bond acceptors (Lipinski definition) is 4. The van der Waals surface area contributed by atoms with Gasteiger partial charge < -0.3 is 20.5 Å². The molecule has 0 rings (SSSR count). The molecule has 0 amide bonds. The van der Waals surface area contributed by atoms with Crippen LogP contribution in [0.4, 0.5) is 0 Å². The summed E-state index contributed by atoms with van der Waals surface area (Å²) in [6.45, 7) is 5.23. The van der Waals surface area contributed by atoms with E-state index < -0.39 is 6.10 Å². The summed E-state index contributed by atoms with van der Waals surface area (Å²) < 4.78 is 5.44. The molecule has 0 aromatic carbocycles. The summed E-state index contributed by atoms with van der Waals surface area (Å²) >= 11 is 0. The van der Waals surface area contributed by atoms with Crippen LogP contribution in [0.5, 0.6) is 0 Å². The van der Waals surface area contributed by atoms with E-state index in [1.165, 1.54) is 0 Å². The van der Waals surface area contributed by atoms with Crippen LogP contribution in [0.15, 0.2) is 0 Å². The monoisotopic (exact) mass is 190 g/mol. The number of nitrogens with two attached hydrogens (primary N) is 1. The molecule has 0 bridgehead atoms. The Morgan fingerprint density at radius 2 is 2.00 bits per heavy atom. The number of aliphatic hydroxyl groups is 1. The molecule has 1 atom stereocenters. The van der Waals surface area contributed by atoms with Crippen LogP contribution in [-0.2, 0) is 4.74 Å². The lowest BCUT2D eigenvalue weighted by atomic mass is 10.1. The van der Waals surface area contributed by atoms with Crippen molar-refractivity contribution >= 4 is 0 Å². The largest absolute Gasteiger partial charge is 0.389 e. The van der Waals surface area contributed by atoms with E-state index in [-0.39, 0.29) is 5.60 Å². The van der Waals surface area contributed by atoms with Gasteiger partial charge in [0.15, 0.2) is 0 Å². The molecule has 0 radical (unpaired) electrons. The number of hydrogen-bond donors (Lipinski definition) is 2. The summed E-state index contributed by atoms with van der Waals surface area (Å²) in [6, 6.07) is 0. The van der Waals surface area contributed by atoms with Gasteiger partial charge in [-0.2, -0.15) is 0 Å². The lowest BCUT2D eigenvalue weighted by Crippen LogP contribution is -2.38. The van der Waals surface area contributed by atoms with Crippen molar-refractivity contribution < 1.29 is 9.84 Å². The SMILES string of the molecule is CN(C)CC(O)COC(C)(C)CN. The first-order valence-electron chi connectivity index (χ1n) is 4.54. The highest BCUT2D eigenvalue weighted by Crippen LogP contribution is 2.06. The summed E-state index contributed by atoms with van der Waals surface area (Å²) in [5, 5.41) is 9.47. The van der Waals surface area contributed by atoms with Crippen molar-refractivity contribution in [2.24, 2.45) is 5.73 Å². The Morgan fingerprint density at radius 3 is 2.38 bits per heavy atom. The molecule has 4 heteroatoms. The van der Waals surface area contributed by atoms with Crippen LogP contribution >= 0.6 is 0 Å². The van der Waals surface area contributed by atoms with Gasteiger partial charge in [0.2, 0.25) is 0 Å². The number of likely N-dealkylation sites (N-methyl/N-ethyl adjacent to an activating group) is 1. The first-order chi connectivity index (χ1) is 5.87. The van der Waals surface area contributed by atoms with Gasteiger partial charge in [-0.15, -0.1) is 0 Å². The molecule has 4 nitrogen and oxygen atoms in total. The van der Waals surface area contributed by atoms with E-state index in [0.29, 0.717) is 19.7 Å². The third-order valence-corrected chi connectivity index (χ3v) is 1.73. The maximum Gasteiger partial charge on any atom is 0.0900 e. The van der Waals surface area contributed by atoms with Crippen molar-refractivity contribution in [2.45, 2.75) is 25.6 Å². The van der Waals surface area contributed by atoms with E-state index >= 15 is 0 Å². The Hall–Kier alpha value is -0.160. The van der Waals surface area contributed by atoms with Crippen molar-refractivity contribution in [1.82, 2.24) is 4.90 Å². The van der Waals surface area contributed by atoms with Gasteiger partial charge in [-0.1, -0.05) is 0 Å². The molecule has 0 aliphatic heterocycles. The second-order valence-corrected chi connectivity index (χ2v) is 4.19. The Morgan fingerprint density at radius 1 is 1.46 bits per heavy atom. The summed E-state index contributed by atoms with van der Waals surface area (Å²) in [5.41, 5.74) is 5.14. The molecular weight excluding hydrogens is 168 g/mol. The van der Waals surface area contributed by atoms with Crippen molar-refractivity contribution in [3.8, 4) is 0 Å². The third-order valence-electron chi connectivity index (χ3n) is 1.73. The number of ether oxygens (including phenoxy) is 1. The average molecular weight is 190 g/mol. The highest BCUT2D eigenvalue weighted by Gasteiger charge is 2.17. The van der Waals surface area contributed by atoms with Gasteiger partial charge in [0.05, 0.1) is 18.3 Å². The normalized spacial score (nSPS) is 15.0. The van der Waals surface area contributed by atoms with Crippen molar-refractivity contribution in [2.75, 3.05) is 33.8 Å². The molecule has 0 fully saturated rings. The van der Waals surface area contributed by atoms with Gasteiger partial charge in [0, 0.05) is 13.1 Å². The van der Waals surface area contributed by atoms with Gasteiger partial charge in [-0.25, -0.2) is 0 Å². The number of rotatable bonds is 6. The van der Waals surface area contributed by atoms with Crippen LogP contribution in [0.25, 0.3) is 0 Å². The minimum absolute atomic E-state index is 0.336. The molecule has 0 aromatic heterocycles. The van der Waals surface area contributed by atoms with E-state index in [2.05, 4.69) is 0 Å². The van der Waals surface area contributed by atoms with E-state index in [4.69, 9.17) is 10.5 Å². The van der Waals surface area contributed by atoms with Crippen LogP contribution in [0.2, 0.25) is 0 Å². The second-order valence-electron chi connectivity index (χ2n) is 4.19. The highest BCUT2D eigenvalue weighted by molar-refractivity contribution is 4.70. The Kier molecular flexibility index (Phi) is 5.48. The molecule has 0 spiro atoms. The zero-order valence-corrected chi connectivity index (χ0v) is 9.08. The van der Waals surface area contributed by atoms with Gasteiger partial charge in [0.1, 0.15) is 0 Å². The average Bonchev–Trinajstić information content (AvgIpc) is 2.00. The Bertz CT molecular complexity index is 138. The molecule has 3 N–H and O–H groups in total. The summed E-state index contributed by atoms with van der Waals surface area (Å²) in [6.07, 6.45) is -0.444. The summed E-state index contributed by atoms with van der Waals surface area (Å²) in [4.78, 5) is 1.92. The van der Waals surface area contributed by atoms with Crippen LogP contribution in [0.1, 0.15) is 13.8 Å². The molecule has 1 unspecified atom stereocenters. The van der Waals surface area contributed by atoms with Gasteiger partial charge in [0.25, 0.3) is 0 Å². The fourth-order valence-electron chi connectivity index (χ4n) is 0.855. The van der Waals surface area contributed by atoms with Crippen LogP contribution < -0.4 is 5.73 Å². The maximum absolute atomic E-state index is 9.47. The van der Waals surface area contributed by atoms with E-state index in [0.717, 1.165) is 0 Å². The number of nitrogens with zero attached hydrogens (tertiary/aromatic N) is 1. The molecule has 0 saturated carbocycles. The first kappa shape index (κ1) is 12.8. The number of aliphatic hydroxyl groups excluding tert-OH is 1. The van der Waals surface area contributed by atoms with Crippen molar-refractivity contribution in [3.63, 3.8) is 0 Å². The quantitative estimate of drug-likeness (QED) is 0.602.